The number of rotatable bonds is 3. The Hall–Kier alpha value is -3.20. The van der Waals surface area contributed by atoms with Crippen LogP contribution in [0, 0.1) is 0 Å². The summed E-state index contributed by atoms with van der Waals surface area (Å²) >= 11 is 0. The van der Waals surface area contributed by atoms with E-state index in [0.717, 1.165) is 27.5 Å². The van der Waals surface area contributed by atoms with Crippen LogP contribution in [0.2, 0.25) is 0 Å². The normalized spacial score (nSPS) is 10.8. The van der Waals surface area contributed by atoms with Crippen molar-refractivity contribution in [1.82, 2.24) is 4.98 Å². The lowest BCUT2D eigenvalue weighted by molar-refractivity contribution is -0.115. The van der Waals surface area contributed by atoms with Crippen molar-refractivity contribution < 1.29 is 4.79 Å². The summed E-state index contributed by atoms with van der Waals surface area (Å²) in [6, 6.07) is 24.0. The molecule has 0 radical (unpaired) electrons. The van der Waals surface area contributed by atoms with Gasteiger partial charge in [0.2, 0.25) is 5.91 Å². The first-order valence-corrected chi connectivity index (χ1v) is 7.91. The van der Waals surface area contributed by atoms with Gasteiger partial charge in [-0.25, -0.2) is 0 Å². The van der Waals surface area contributed by atoms with E-state index in [1.54, 1.807) is 6.20 Å². The molecular formula is C21H16N2O. The molecule has 0 spiro atoms. The molecule has 0 unspecified atom stereocenters. The number of carbonyl (C=O) groups excluding carboxylic acids is 1. The highest BCUT2D eigenvalue weighted by Gasteiger charge is 2.08. The predicted molar refractivity (Wildman–Crippen MR) is 98.0 cm³/mol. The minimum absolute atomic E-state index is 0.0385. The molecule has 0 atom stereocenters. The Morgan fingerprint density at radius 3 is 2.54 bits per heavy atom. The third kappa shape index (κ3) is 2.84. The van der Waals surface area contributed by atoms with E-state index in [0.29, 0.717) is 6.42 Å². The van der Waals surface area contributed by atoms with Crippen molar-refractivity contribution in [3.63, 3.8) is 0 Å². The van der Waals surface area contributed by atoms with E-state index in [1.165, 1.54) is 5.39 Å². The van der Waals surface area contributed by atoms with Gasteiger partial charge >= 0.3 is 0 Å². The average Bonchev–Trinajstić information content (AvgIpc) is 2.62. The molecule has 1 aromatic heterocycles. The van der Waals surface area contributed by atoms with Crippen molar-refractivity contribution in [2.75, 3.05) is 5.32 Å². The molecule has 1 amide bonds. The van der Waals surface area contributed by atoms with Crippen LogP contribution < -0.4 is 5.32 Å². The Labute approximate surface area is 140 Å². The minimum Gasteiger partial charge on any atom is -0.324 e. The van der Waals surface area contributed by atoms with Crippen LogP contribution in [-0.4, -0.2) is 10.9 Å². The summed E-state index contributed by atoms with van der Waals surface area (Å²) in [5.74, 6) is -0.0385. The number of para-hydroxylation sites is 1. The van der Waals surface area contributed by atoms with Crippen LogP contribution in [0.4, 0.5) is 5.69 Å². The maximum absolute atomic E-state index is 12.4. The fraction of sp³-hybridized carbons (Fsp3) is 0.0476. The maximum Gasteiger partial charge on any atom is 0.228 e. The maximum atomic E-state index is 12.4. The molecule has 3 heteroatoms. The zero-order valence-corrected chi connectivity index (χ0v) is 13.1. The SMILES string of the molecule is O=C(Cc1ccc2ccccc2c1)Nc1cccc2cccnc12. The fourth-order valence-corrected chi connectivity index (χ4v) is 2.93. The first-order chi connectivity index (χ1) is 11.8. The molecule has 4 rings (SSSR count). The van der Waals surface area contributed by atoms with Crippen LogP contribution in [-0.2, 0) is 11.2 Å². The van der Waals surface area contributed by atoms with Crippen molar-refractivity contribution in [2.45, 2.75) is 6.42 Å². The van der Waals surface area contributed by atoms with Crippen LogP contribution in [0.25, 0.3) is 21.7 Å². The van der Waals surface area contributed by atoms with Gasteiger partial charge < -0.3 is 5.32 Å². The van der Waals surface area contributed by atoms with Crippen molar-refractivity contribution in [3.8, 4) is 0 Å². The first kappa shape index (κ1) is 14.4. The van der Waals surface area contributed by atoms with Gasteiger partial charge in [-0.3, -0.25) is 9.78 Å². The van der Waals surface area contributed by atoms with Crippen molar-refractivity contribution >= 4 is 33.3 Å². The number of amides is 1. The van der Waals surface area contributed by atoms with Crippen molar-refractivity contribution in [3.05, 3.63) is 84.6 Å². The van der Waals surface area contributed by atoms with Gasteiger partial charge in [0, 0.05) is 11.6 Å². The third-order valence-corrected chi connectivity index (χ3v) is 4.09. The van der Waals surface area contributed by atoms with E-state index >= 15 is 0 Å². The molecular weight excluding hydrogens is 296 g/mol. The first-order valence-electron chi connectivity index (χ1n) is 7.91. The van der Waals surface area contributed by atoms with Gasteiger partial charge in [-0.05, 0) is 28.5 Å². The molecule has 0 aliphatic carbocycles. The van der Waals surface area contributed by atoms with Gasteiger partial charge in [-0.1, -0.05) is 60.7 Å². The molecule has 0 fully saturated rings. The highest BCUT2D eigenvalue weighted by Crippen LogP contribution is 2.21. The number of nitrogens with zero attached hydrogens (tertiary/aromatic N) is 1. The van der Waals surface area contributed by atoms with Crippen LogP contribution in [0.1, 0.15) is 5.56 Å². The van der Waals surface area contributed by atoms with Crippen LogP contribution in [0.3, 0.4) is 0 Å². The highest BCUT2D eigenvalue weighted by atomic mass is 16.1. The van der Waals surface area contributed by atoms with Crippen LogP contribution in [0.15, 0.2) is 79.0 Å². The molecule has 3 nitrogen and oxygen atoms in total. The number of anilines is 1. The molecule has 0 saturated carbocycles. The number of hydrogen-bond acceptors (Lipinski definition) is 2. The number of pyridine rings is 1. The summed E-state index contributed by atoms with van der Waals surface area (Å²) in [6.45, 7) is 0. The quantitative estimate of drug-likeness (QED) is 0.602. The number of carbonyl (C=O) groups is 1. The largest absolute Gasteiger partial charge is 0.324 e. The summed E-state index contributed by atoms with van der Waals surface area (Å²) in [7, 11) is 0. The minimum atomic E-state index is -0.0385. The Balaban J connectivity index is 1.57. The van der Waals surface area contributed by atoms with Gasteiger partial charge in [0.05, 0.1) is 17.6 Å². The van der Waals surface area contributed by atoms with E-state index in [-0.39, 0.29) is 5.91 Å². The average molecular weight is 312 g/mol. The molecule has 4 aromatic rings. The monoisotopic (exact) mass is 312 g/mol. The second-order valence-corrected chi connectivity index (χ2v) is 5.79. The lowest BCUT2D eigenvalue weighted by Gasteiger charge is -2.08. The molecule has 0 saturated heterocycles. The van der Waals surface area contributed by atoms with Gasteiger partial charge in [-0.15, -0.1) is 0 Å². The molecule has 1 N–H and O–H groups in total. The van der Waals surface area contributed by atoms with E-state index in [9.17, 15) is 4.79 Å². The molecule has 0 bridgehead atoms. The summed E-state index contributed by atoms with van der Waals surface area (Å²) in [5, 5.41) is 6.32. The fourth-order valence-electron chi connectivity index (χ4n) is 2.93. The van der Waals surface area contributed by atoms with E-state index < -0.39 is 0 Å². The summed E-state index contributed by atoms with van der Waals surface area (Å²) in [6.07, 6.45) is 2.08. The number of benzene rings is 3. The standard InChI is InChI=1S/C21H16N2O/c24-20(14-15-10-11-16-5-1-2-6-18(16)13-15)23-19-9-3-7-17-8-4-12-22-21(17)19/h1-13H,14H2,(H,23,24). The van der Waals surface area contributed by atoms with Gasteiger partial charge in [0.1, 0.15) is 0 Å². The molecule has 24 heavy (non-hydrogen) atoms. The number of fused-ring (bicyclic) bond motifs is 2. The Kier molecular flexibility index (Phi) is 3.67. The summed E-state index contributed by atoms with van der Waals surface area (Å²) in [4.78, 5) is 16.8. The summed E-state index contributed by atoms with van der Waals surface area (Å²) in [5.41, 5.74) is 2.56. The number of nitrogens with one attached hydrogen (secondary N) is 1. The zero-order valence-electron chi connectivity index (χ0n) is 13.1. The number of aromatic nitrogens is 1. The predicted octanol–water partition coefficient (Wildman–Crippen LogP) is 4.57. The van der Waals surface area contributed by atoms with Crippen molar-refractivity contribution in [1.29, 1.82) is 0 Å². The van der Waals surface area contributed by atoms with Gasteiger partial charge in [0.25, 0.3) is 0 Å². The van der Waals surface area contributed by atoms with E-state index in [1.807, 2.05) is 48.5 Å². The molecule has 1 heterocycles. The summed E-state index contributed by atoms with van der Waals surface area (Å²) < 4.78 is 0. The van der Waals surface area contributed by atoms with Gasteiger partial charge in [0.15, 0.2) is 0 Å². The molecule has 0 aliphatic rings. The smallest absolute Gasteiger partial charge is 0.228 e. The van der Waals surface area contributed by atoms with Crippen molar-refractivity contribution in [2.24, 2.45) is 0 Å². The molecule has 3 aromatic carbocycles. The van der Waals surface area contributed by atoms with E-state index in [2.05, 4.69) is 34.6 Å². The topological polar surface area (TPSA) is 42.0 Å². The lowest BCUT2D eigenvalue weighted by Crippen LogP contribution is -2.14. The molecule has 116 valence electrons. The Morgan fingerprint density at radius 2 is 1.62 bits per heavy atom. The zero-order chi connectivity index (χ0) is 16.4. The van der Waals surface area contributed by atoms with E-state index in [4.69, 9.17) is 0 Å². The second-order valence-electron chi connectivity index (χ2n) is 5.79. The Morgan fingerprint density at radius 1 is 0.833 bits per heavy atom. The Bertz CT molecular complexity index is 1030. The van der Waals surface area contributed by atoms with Gasteiger partial charge in [-0.2, -0.15) is 0 Å². The highest BCUT2D eigenvalue weighted by molar-refractivity contribution is 6.01. The second kappa shape index (κ2) is 6.13. The molecule has 0 aliphatic heterocycles. The third-order valence-electron chi connectivity index (χ3n) is 4.09. The van der Waals surface area contributed by atoms with Crippen LogP contribution >= 0.6 is 0 Å². The van der Waals surface area contributed by atoms with Crippen LogP contribution in [0.5, 0.6) is 0 Å². The number of hydrogen-bond donors (Lipinski definition) is 1. The lowest BCUT2D eigenvalue weighted by atomic mass is 10.0.